The summed E-state index contributed by atoms with van der Waals surface area (Å²) in [4.78, 5) is 11.8. The van der Waals surface area contributed by atoms with Crippen LogP contribution >= 0.6 is 0 Å². The molecule has 0 unspecified atom stereocenters. The Labute approximate surface area is 115 Å². The second-order valence-electron chi connectivity index (χ2n) is 6.19. The molecule has 1 aromatic carbocycles. The SMILES string of the molecule is CC(C)(C)NC(=O)COc1cccc2c1CCCC2. The molecule has 0 radical (unpaired) electrons. The van der Waals surface area contributed by atoms with Crippen LogP contribution < -0.4 is 10.1 Å². The van der Waals surface area contributed by atoms with Gasteiger partial charge in [-0.3, -0.25) is 4.79 Å². The number of rotatable bonds is 3. The number of benzene rings is 1. The molecule has 0 bridgehead atoms. The van der Waals surface area contributed by atoms with Gasteiger partial charge in [-0.05, 0) is 63.6 Å². The van der Waals surface area contributed by atoms with Crippen LogP contribution in [-0.4, -0.2) is 18.1 Å². The van der Waals surface area contributed by atoms with Crippen LogP contribution in [0.4, 0.5) is 0 Å². The van der Waals surface area contributed by atoms with Crippen LogP contribution in [0.2, 0.25) is 0 Å². The van der Waals surface area contributed by atoms with Gasteiger partial charge < -0.3 is 10.1 Å². The molecule has 0 atom stereocenters. The van der Waals surface area contributed by atoms with E-state index in [1.165, 1.54) is 24.0 Å². The zero-order valence-corrected chi connectivity index (χ0v) is 12.1. The van der Waals surface area contributed by atoms with E-state index in [0.29, 0.717) is 0 Å². The number of carbonyl (C=O) groups excluding carboxylic acids is 1. The molecule has 1 N–H and O–H groups in total. The maximum absolute atomic E-state index is 11.8. The molecule has 1 aliphatic rings. The lowest BCUT2D eigenvalue weighted by Gasteiger charge is -2.22. The van der Waals surface area contributed by atoms with E-state index in [1.807, 2.05) is 32.9 Å². The molecule has 0 saturated heterocycles. The van der Waals surface area contributed by atoms with Crippen molar-refractivity contribution in [3.8, 4) is 5.75 Å². The maximum atomic E-state index is 11.8. The van der Waals surface area contributed by atoms with E-state index in [4.69, 9.17) is 4.74 Å². The summed E-state index contributed by atoms with van der Waals surface area (Å²) >= 11 is 0. The quantitative estimate of drug-likeness (QED) is 0.908. The Balaban J connectivity index is 1.98. The van der Waals surface area contributed by atoms with Gasteiger partial charge in [0.15, 0.2) is 6.61 Å². The van der Waals surface area contributed by atoms with Gasteiger partial charge >= 0.3 is 0 Å². The summed E-state index contributed by atoms with van der Waals surface area (Å²) in [6.07, 6.45) is 4.65. The fourth-order valence-electron chi connectivity index (χ4n) is 2.48. The highest BCUT2D eigenvalue weighted by Gasteiger charge is 2.16. The van der Waals surface area contributed by atoms with Gasteiger partial charge in [-0.15, -0.1) is 0 Å². The van der Waals surface area contributed by atoms with E-state index in [0.717, 1.165) is 18.6 Å². The van der Waals surface area contributed by atoms with Gasteiger partial charge in [0.25, 0.3) is 5.91 Å². The molecule has 1 aliphatic carbocycles. The number of carbonyl (C=O) groups is 1. The highest BCUT2D eigenvalue weighted by atomic mass is 16.5. The number of aryl methyl sites for hydroxylation is 1. The molecule has 3 nitrogen and oxygen atoms in total. The molecular formula is C16H23NO2. The van der Waals surface area contributed by atoms with Crippen LogP contribution in [0, 0.1) is 0 Å². The van der Waals surface area contributed by atoms with Gasteiger partial charge in [0.2, 0.25) is 0 Å². The normalized spacial score (nSPS) is 14.7. The molecule has 0 fully saturated rings. The number of hydrogen-bond donors (Lipinski definition) is 1. The minimum absolute atomic E-state index is 0.0686. The van der Waals surface area contributed by atoms with Gasteiger partial charge in [0.05, 0.1) is 0 Å². The van der Waals surface area contributed by atoms with Crippen LogP contribution in [0.3, 0.4) is 0 Å². The lowest BCUT2D eigenvalue weighted by Crippen LogP contribution is -2.43. The van der Waals surface area contributed by atoms with Crippen molar-refractivity contribution in [2.24, 2.45) is 0 Å². The largest absolute Gasteiger partial charge is 0.483 e. The van der Waals surface area contributed by atoms with Crippen molar-refractivity contribution in [1.82, 2.24) is 5.32 Å². The van der Waals surface area contributed by atoms with E-state index in [9.17, 15) is 4.79 Å². The number of amides is 1. The molecule has 104 valence electrons. The Morgan fingerprint density at radius 1 is 1.26 bits per heavy atom. The fraction of sp³-hybridized carbons (Fsp3) is 0.562. The molecule has 19 heavy (non-hydrogen) atoms. The molecule has 0 heterocycles. The Kier molecular flexibility index (Phi) is 4.13. The molecule has 0 aliphatic heterocycles. The lowest BCUT2D eigenvalue weighted by atomic mass is 9.91. The molecule has 0 saturated carbocycles. The van der Waals surface area contributed by atoms with E-state index >= 15 is 0 Å². The third-order valence-electron chi connectivity index (χ3n) is 3.23. The van der Waals surface area contributed by atoms with Crippen LogP contribution in [-0.2, 0) is 17.6 Å². The standard InChI is InChI=1S/C16H23NO2/c1-16(2,3)17-15(18)11-19-14-10-6-8-12-7-4-5-9-13(12)14/h6,8,10H,4-5,7,9,11H2,1-3H3,(H,17,18). The zero-order valence-electron chi connectivity index (χ0n) is 12.1. The summed E-state index contributed by atoms with van der Waals surface area (Å²) in [5, 5.41) is 2.91. The molecule has 3 heteroatoms. The fourth-order valence-corrected chi connectivity index (χ4v) is 2.48. The molecular weight excluding hydrogens is 238 g/mol. The van der Waals surface area contributed by atoms with Gasteiger partial charge in [0, 0.05) is 5.54 Å². The van der Waals surface area contributed by atoms with Gasteiger partial charge in [0.1, 0.15) is 5.75 Å². The number of fused-ring (bicyclic) bond motifs is 1. The van der Waals surface area contributed by atoms with E-state index in [1.54, 1.807) is 0 Å². The average molecular weight is 261 g/mol. The van der Waals surface area contributed by atoms with Gasteiger partial charge in [-0.25, -0.2) is 0 Å². The highest BCUT2D eigenvalue weighted by molar-refractivity contribution is 5.78. The Morgan fingerprint density at radius 3 is 2.74 bits per heavy atom. The summed E-state index contributed by atoms with van der Waals surface area (Å²) in [5.41, 5.74) is 2.45. The number of nitrogens with one attached hydrogen (secondary N) is 1. The minimum Gasteiger partial charge on any atom is -0.483 e. The smallest absolute Gasteiger partial charge is 0.258 e. The van der Waals surface area contributed by atoms with E-state index in [2.05, 4.69) is 11.4 Å². The van der Waals surface area contributed by atoms with Gasteiger partial charge in [-0.2, -0.15) is 0 Å². The monoisotopic (exact) mass is 261 g/mol. The highest BCUT2D eigenvalue weighted by Crippen LogP contribution is 2.29. The van der Waals surface area contributed by atoms with Crippen molar-refractivity contribution >= 4 is 5.91 Å². The third-order valence-corrected chi connectivity index (χ3v) is 3.23. The van der Waals surface area contributed by atoms with Crippen molar-refractivity contribution in [2.75, 3.05) is 6.61 Å². The summed E-state index contributed by atoms with van der Waals surface area (Å²) < 4.78 is 5.70. The Hall–Kier alpha value is -1.51. The first kappa shape index (κ1) is 13.9. The summed E-state index contributed by atoms with van der Waals surface area (Å²) in [5.74, 6) is 0.808. The first-order valence-corrected chi connectivity index (χ1v) is 7.00. The Morgan fingerprint density at radius 2 is 2.00 bits per heavy atom. The van der Waals surface area contributed by atoms with Crippen LogP contribution in [0.1, 0.15) is 44.7 Å². The topological polar surface area (TPSA) is 38.3 Å². The Bertz CT molecular complexity index is 460. The van der Waals surface area contributed by atoms with Crippen molar-refractivity contribution < 1.29 is 9.53 Å². The van der Waals surface area contributed by atoms with Crippen molar-refractivity contribution in [1.29, 1.82) is 0 Å². The summed E-state index contributed by atoms with van der Waals surface area (Å²) in [6.45, 7) is 5.99. The molecule has 1 aromatic rings. The first-order valence-electron chi connectivity index (χ1n) is 7.00. The summed E-state index contributed by atoms with van der Waals surface area (Å²) in [6, 6.07) is 6.15. The molecule has 0 aromatic heterocycles. The van der Waals surface area contributed by atoms with Crippen LogP contribution in [0.5, 0.6) is 5.75 Å². The molecule has 0 spiro atoms. The second-order valence-corrected chi connectivity index (χ2v) is 6.19. The van der Waals surface area contributed by atoms with Crippen LogP contribution in [0.25, 0.3) is 0 Å². The van der Waals surface area contributed by atoms with Crippen molar-refractivity contribution in [2.45, 2.75) is 52.0 Å². The predicted octanol–water partition coefficient (Wildman–Crippen LogP) is 2.86. The third kappa shape index (κ3) is 3.98. The number of ether oxygens (including phenoxy) is 1. The lowest BCUT2D eigenvalue weighted by molar-refractivity contribution is -0.124. The molecule has 1 amide bonds. The second kappa shape index (κ2) is 5.64. The van der Waals surface area contributed by atoms with Gasteiger partial charge in [-0.1, -0.05) is 12.1 Å². The first-order chi connectivity index (χ1) is 8.96. The molecule has 2 rings (SSSR count). The summed E-state index contributed by atoms with van der Waals surface area (Å²) in [7, 11) is 0. The van der Waals surface area contributed by atoms with E-state index < -0.39 is 0 Å². The van der Waals surface area contributed by atoms with E-state index in [-0.39, 0.29) is 18.1 Å². The minimum atomic E-state index is -0.212. The number of hydrogen-bond acceptors (Lipinski definition) is 2. The van der Waals surface area contributed by atoms with Crippen molar-refractivity contribution in [3.63, 3.8) is 0 Å². The zero-order chi connectivity index (χ0) is 13.9. The van der Waals surface area contributed by atoms with Crippen LogP contribution in [0.15, 0.2) is 18.2 Å². The predicted molar refractivity (Wildman–Crippen MR) is 76.5 cm³/mol. The van der Waals surface area contributed by atoms with Crippen molar-refractivity contribution in [3.05, 3.63) is 29.3 Å². The average Bonchev–Trinajstić information content (AvgIpc) is 2.34. The maximum Gasteiger partial charge on any atom is 0.258 e.